The lowest BCUT2D eigenvalue weighted by Crippen LogP contribution is -2.34. The Hall–Kier alpha value is -3.49. The fraction of sp³-hybridized carbons (Fsp3) is 0.300. The summed E-state index contributed by atoms with van der Waals surface area (Å²) in [7, 11) is 0. The van der Waals surface area contributed by atoms with Gasteiger partial charge < -0.3 is 10.1 Å². The third kappa shape index (κ3) is 4.50. The Morgan fingerprint density at radius 1 is 1.24 bits per heavy atom. The van der Waals surface area contributed by atoms with Crippen molar-refractivity contribution in [2.45, 2.75) is 25.4 Å². The van der Waals surface area contributed by atoms with Gasteiger partial charge in [0, 0.05) is 30.5 Å². The van der Waals surface area contributed by atoms with Crippen LogP contribution in [0.4, 0.5) is 4.39 Å². The number of pyridine rings is 1. The summed E-state index contributed by atoms with van der Waals surface area (Å²) in [6.45, 7) is 0.283. The number of hydrogen-bond acceptors (Lipinski definition) is 5. The number of nitrogens with zero attached hydrogens (tertiary/aromatic N) is 4. The number of carbonyl (C=O) groups is 1. The summed E-state index contributed by atoms with van der Waals surface area (Å²) >= 11 is 0. The highest BCUT2D eigenvalue weighted by molar-refractivity contribution is 5.77. The smallest absolute Gasteiger partial charge is 0.346 e. The molecule has 4 rings (SSSR count). The van der Waals surface area contributed by atoms with Crippen molar-refractivity contribution in [3.8, 4) is 17.1 Å². The topological polar surface area (TPSA) is 91.0 Å². The highest BCUT2D eigenvalue weighted by atomic mass is 19.1. The standard InChI is InChI=1S/C20H20FN5O3/c21-15-3-7-17(8-4-15)29-13-18(27)23-10-11-25-20(28)26(16-5-6-16)19(24-25)14-2-1-9-22-12-14/h1-4,7-9,12,16H,5-6,10-11,13H2,(H,23,27). The number of nitrogens with one attached hydrogen (secondary N) is 1. The molecule has 150 valence electrons. The van der Waals surface area contributed by atoms with Crippen LogP contribution in [0.5, 0.6) is 5.75 Å². The normalized spacial score (nSPS) is 13.3. The molecule has 8 nitrogen and oxygen atoms in total. The Kier molecular flexibility index (Phi) is 5.37. The Morgan fingerprint density at radius 3 is 2.72 bits per heavy atom. The maximum Gasteiger partial charge on any atom is 0.346 e. The lowest BCUT2D eigenvalue weighted by atomic mass is 10.3. The fourth-order valence-corrected chi connectivity index (χ4v) is 2.95. The van der Waals surface area contributed by atoms with E-state index in [1.165, 1.54) is 28.9 Å². The minimum absolute atomic E-state index is 0.171. The van der Waals surface area contributed by atoms with E-state index in [9.17, 15) is 14.0 Å². The van der Waals surface area contributed by atoms with Crippen molar-refractivity contribution >= 4 is 5.91 Å². The van der Waals surface area contributed by atoms with E-state index in [1.54, 1.807) is 23.0 Å². The highest BCUT2D eigenvalue weighted by Crippen LogP contribution is 2.36. The Balaban J connectivity index is 1.35. The molecule has 1 fully saturated rings. The first-order valence-corrected chi connectivity index (χ1v) is 9.36. The van der Waals surface area contributed by atoms with Crippen LogP contribution in [0.1, 0.15) is 18.9 Å². The first-order chi connectivity index (χ1) is 14.1. The average molecular weight is 397 g/mol. The highest BCUT2D eigenvalue weighted by Gasteiger charge is 2.30. The van der Waals surface area contributed by atoms with Crippen LogP contribution >= 0.6 is 0 Å². The van der Waals surface area contributed by atoms with Crippen molar-refractivity contribution < 1.29 is 13.9 Å². The van der Waals surface area contributed by atoms with Gasteiger partial charge in [-0.05, 0) is 49.2 Å². The largest absolute Gasteiger partial charge is 0.484 e. The molecule has 9 heteroatoms. The second-order valence-corrected chi connectivity index (χ2v) is 6.76. The van der Waals surface area contributed by atoms with Crippen LogP contribution in [-0.2, 0) is 11.3 Å². The van der Waals surface area contributed by atoms with Gasteiger partial charge in [-0.2, -0.15) is 0 Å². The van der Waals surface area contributed by atoms with E-state index in [4.69, 9.17) is 4.74 Å². The first-order valence-electron chi connectivity index (χ1n) is 9.36. The van der Waals surface area contributed by atoms with Crippen LogP contribution in [0.3, 0.4) is 0 Å². The monoisotopic (exact) mass is 397 g/mol. The first kappa shape index (κ1) is 18.9. The van der Waals surface area contributed by atoms with Crippen LogP contribution in [0.15, 0.2) is 53.6 Å². The Morgan fingerprint density at radius 2 is 2.03 bits per heavy atom. The lowest BCUT2D eigenvalue weighted by Gasteiger charge is -2.07. The summed E-state index contributed by atoms with van der Waals surface area (Å²) in [5, 5.41) is 7.14. The molecule has 3 aromatic rings. The van der Waals surface area contributed by atoms with Crippen LogP contribution in [-0.4, -0.2) is 38.4 Å². The number of aromatic nitrogens is 4. The van der Waals surface area contributed by atoms with Gasteiger partial charge in [0.05, 0.1) is 6.54 Å². The van der Waals surface area contributed by atoms with Crippen molar-refractivity contribution in [2.24, 2.45) is 0 Å². The zero-order valence-corrected chi connectivity index (χ0v) is 15.6. The zero-order chi connectivity index (χ0) is 20.2. The molecule has 0 spiro atoms. The van der Waals surface area contributed by atoms with Gasteiger partial charge in [0.1, 0.15) is 11.6 Å². The molecule has 0 atom stereocenters. The summed E-state index contributed by atoms with van der Waals surface area (Å²) < 4.78 is 21.2. The molecule has 29 heavy (non-hydrogen) atoms. The van der Waals surface area contributed by atoms with E-state index in [2.05, 4.69) is 15.4 Å². The van der Waals surface area contributed by atoms with Gasteiger partial charge in [-0.15, -0.1) is 5.10 Å². The maximum absolute atomic E-state index is 12.9. The van der Waals surface area contributed by atoms with Crippen LogP contribution in [0.2, 0.25) is 0 Å². The van der Waals surface area contributed by atoms with E-state index in [-0.39, 0.29) is 43.2 Å². The van der Waals surface area contributed by atoms with Crippen molar-refractivity contribution in [3.05, 3.63) is 65.1 Å². The van der Waals surface area contributed by atoms with E-state index < -0.39 is 0 Å². The summed E-state index contributed by atoms with van der Waals surface area (Å²) in [5.41, 5.74) is 0.593. The van der Waals surface area contributed by atoms with Gasteiger partial charge in [0.25, 0.3) is 5.91 Å². The zero-order valence-electron chi connectivity index (χ0n) is 15.6. The van der Waals surface area contributed by atoms with Crippen LogP contribution < -0.4 is 15.7 Å². The van der Waals surface area contributed by atoms with Crippen LogP contribution in [0.25, 0.3) is 11.4 Å². The maximum atomic E-state index is 12.9. The Bertz CT molecular complexity index is 1040. The molecule has 1 N–H and O–H groups in total. The molecule has 1 aromatic carbocycles. The third-order valence-corrected chi connectivity index (χ3v) is 4.53. The SMILES string of the molecule is O=C(COc1ccc(F)cc1)NCCn1nc(-c2cccnc2)n(C2CC2)c1=O. The molecule has 1 aliphatic rings. The fourth-order valence-electron chi connectivity index (χ4n) is 2.95. The molecule has 1 amide bonds. The molecule has 2 heterocycles. The summed E-state index contributed by atoms with van der Waals surface area (Å²) in [4.78, 5) is 28.8. The van der Waals surface area contributed by atoms with Crippen molar-refractivity contribution in [1.29, 1.82) is 0 Å². The third-order valence-electron chi connectivity index (χ3n) is 4.53. The quantitative estimate of drug-likeness (QED) is 0.626. The number of carbonyl (C=O) groups excluding carboxylic acids is 1. The van der Waals surface area contributed by atoms with Crippen molar-refractivity contribution in [3.63, 3.8) is 0 Å². The minimum Gasteiger partial charge on any atom is -0.484 e. The summed E-state index contributed by atoms with van der Waals surface area (Å²) in [6.07, 6.45) is 5.26. The van der Waals surface area contributed by atoms with Gasteiger partial charge in [-0.25, -0.2) is 13.9 Å². The number of halogens is 1. The molecular formula is C20H20FN5O3. The second-order valence-electron chi connectivity index (χ2n) is 6.76. The van der Waals surface area contributed by atoms with E-state index in [0.29, 0.717) is 11.6 Å². The van der Waals surface area contributed by atoms with E-state index in [0.717, 1.165) is 18.4 Å². The molecule has 1 aliphatic carbocycles. The van der Waals surface area contributed by atoms with Gasteiger partial charge >= 0.3 is 5.69 Å². The van der Waals surface area contributed by atoms with E-state index >= 15 is 0 Å². The second kappa shape index (κ2) is 8.26. The molecule has 0 saturated heterocycles. The van der Waals surface area contributed by atoms with Gasteiger partial charge in [-0.1, -0.05) is 0 Å². The summed E-state index contributed by atoms with van der Waals surface area (Å²) in [6, 6.07) is 9.26. The molecular weight excluding hydrogens is 377 g/mol. The molecule has 0 radical (unpaired) electrons. The number of rotatable bonds is 8. The lowest BCUT2D eigenvalue weighted by molar-refractivity contribution is -0.123. The summed E-state index contributed by atoms with van der Waals surface area (Å²) in [5.74, 6) is 0.290. The predicted molar refractivity (Wildman–Crippen MR) is 103 cm³/mol. The molecule has 0 bridgehead atoms. The van der Waals surface area contributed by atoms with Gasteiger partial charge in [-0.3, -0.25) is 14.3 Å². The van der Waals surface area contributed by atoms with Crippen molar-refractivity contribution in [2.75, 3.05) is 13.2 Å². The number of hydrogen-bond donors (Lipinski definition) is 1. The number of ether oxygens (including phenoxy) is 1. The van der Waals surface area contributed by atoms with Crippen LogP contribution in [0, 0.1) is 5.82 Å². The van der Waals surface area contributed by atoms with Gasteiger partial charge in [0.2, 0.25) is 0 Å². The average Bonchev–Trinajstić information content (AvgIpc) is 3.52. The molecule has 0 aliphatic heterocycles. The predicted octanol–water partition coefficient (Wildman–Crippen LogP) is 1.78. The van der Waals surface area contributed by atoms with E-state index in [1.807, 2.05) is 6.07 Å². The molecule has 0 unspecified atom stereocenters. The van der Waals surface area contributed by atoms with Gasteiger partial charge in [0.15, 0.2) is 12.4 Å². The number of amides is 1. The van der Waals surface area contributed by atoms with Crippen molar-refractivity contribution in [1.82, 2.24) is 24.6 Å². The minimum atomic E-state index is -0.372. The number of benzene rings is 1. The Labute approximate surface area is 166 Å². The molecule has 1 saturated carbocycles. The molecule has 2 aromatic heterocycles.